The van der Waals surface area contributed by atoms with E-state index in [4.69, 9.17) is 4.74 Å². The van der Waals surface area contributed by atoms with Crippen LogP contribution in [0.4, 0.5) is 0 Å². The van der Waals surface area contributed by atoms with E-state index in [2.05, 4.69) is 31.5 Å². The van der Waals surface area contributed by atoms with E-state index < -0.39 is 0 Å². The van der Waals surface area contributed by atoms with Crippen LogP contribution in [0.25, 0.3) is 0 Å². The predicted octanol–water partition coefficient (Wildman–Crippen LogP) is 0.541. The van der Waals surface area contributed by atoms with Gasteiger partial charge in [-0.25, -0.2) is 0 Å². The summed E-state index contributed by atoms with van der Waals surface area (Å²) >= 11 is 0. The molecule has 0 atom stereocenters. The molecule has 2 aromatic carbocycles. The van der Waals surface area contributed by atoms with Gasteiger partial charge < -0.3 is 15.7 Å². The zero-order chi connectivity index (χ0) is 11.1. The number of hydrogen-bond acceptors (Lipinski definition) is 1. The van der Waals surface area contributed by atoms with E-state index in [-0.39, 0.29) is 11.0 Å². The molecule has 1 radical (unpaired) electrons. The van der Waals surface area contributed by atoms with Crippen molar-refractivity contribution in [2.24, 2.45) is 0 Å². The van der Waals surface area contributed by atoms with Gasteiger partial charge in [-0.1, -0.05) is 66.1 Å². The zero-order valence-corrected chi connectivity index (χ0v) is 10.2. The molecule has 95 valence electrons. The predicted molar refractivity (Wildman–Crippen MR) is 75.2 cm³/mol. The Balaban J connectivity index is 0.00000144. The summed E-state index contributed by atoms with van der Waals surface area (Å²) in [6.45, 7) is 1.32. The molecule has 0 unspecified atom stereocenters. The summed E-state index contributed by atoms with van der Waals surface area (Å²) in [6, 6.07) is 20.4. The van der Waals surface area contributed by atoms with Crippen LogP contribution in [0.15, 0.2) is 60.7 Å². The summed E-state index contributed by atoms with van der Waals surface area (Å²) in [5.74, 6) is 0. The third-order valence-electron chi connectivity index (χ3n) is 2.35. The first-order valence-electron chi connectivity index (χ1n) is 5.45. The number of benzene rings is 2. The van der Waals surface area contributed by atoms with E-state index in [1.165, 1.54) is 11.0 Å². The smallest absolute Gasteiger partial charge is 0.185 e. The lowest BCUT2D eigenvalue weighted by molar-refractivity contribution is 0.164. The molecule has 2 rings (SSSR count). The topological polar surface area (TPSA) is 72.2 Å². The SMILES string of the molecule is O.O.[B](COCc1ccccc1)c1ccccc1. The number of rotatable bonds is 5. The Bertz CT molecular complexity index is 364. The fourth-order valence-corrected chi connectivity index (χ4v) is 1.50. The Kier molecular flexibility index (Phi) is 8.57. The zero-order valence-electron chi connectivity index (χ0n) is 10.2. The summed E-state index contributed by atoms with van der Waals surface area (Å²) in [5.41, 5.74) is 2.42. The van der Waals surface area contributed by atoms with Gasteiger partial charge in [-0.05, 0) is 5.56 Å². The summed E-state index contributed by atoms with van der Waals surface area (Å²) in [7, 11) is 2.09. The highest BCUT2D eigenvalue weighted by atomic mass is 16.5. The molecule has 4 heteroatoms. The van der Waals surface area contributed by atoms with E-state index in [1.807, 2.05) is 36.4 Å². The number of ether oxygens (including phenoxy) is 1. The van der Waals surface area contributed by atoms with Crippen LogP contribution in [0.5, 0.6) is 0 Å². The summed E-state index contributed by atoms with van der Waals surface area (Å²) < 4.78 is 5.57. The van der Waals surface area contributed by atoms with E-state index >= 15 is 0 Å². The van der Waals surface area contributed by atoms with Crippen molar-refractivity contribution in [3.63, 3.8) is 0 Å². The fraction of sp³-hybridized carbons (Fsp3) is 0.143. The Morgan fingerprint density at radius 1 is 0.778 bits per heavy atom. The molecule has 2 aromatic rings. The molecule has 0 saturated carbocycles. The molecule has 0 amide bonds. The average Bonchev–Trinajstić information content (AvgIpc) is 2.37. The van der Waals surface area contributed by atoms with Crippen LogP contribution in [0.3, 0.4) is 0 Å². The Morgan fingerprint density at radius 2 is 1.33 bits per heavy atom. The molecular formula is C14H18BO3. The van der Waals surface area contributed by atoms with Gasteiger partial charge in [0.05, 0.1) is 6.61 Å². The van der Waals surface area contributed by atoms with Gasteiger partial charge in [-0.3, -0.25) is 0 Å². The largest absolute Gasteiger partial charge is 0.412 e. The van der Waals surface area contributed by atoms with Gasteiger partial charge in [0.25, 0.3) is 0 Å². The normalized spacial score (nSPS) is 8.89. The maximum absolute atomic E-state index is 5.57. The van der Waals surface area contributed by atoms with Crippen LogP contribution < -0.4 is 5.46 Å². The highest BCUT2D eigenvalue weighted by Crippen LogP contribution is 1.99. The number of hydrogen-bond donors (Lipinski definition) is 0. The Hall–Kier alpha value is -1.62. The molecule has 4 N–H and O–H groups in total. The van der Waals surface area contributed by atoms with Gasteiger partial charge in [-0.2, -0.15) is 0 Å². The van der Waals surface area contributed by atoms with E-state index in [1.54, 1.807) is 0 Å². The molecule has 0 aromatic heterocycles. The van der Waals surface area contributed by atoms with Crippen LogP contribution in [-0.2, 0) is 11.3 Å². The molecule has 18 heavy (non-hydrogen) atoms. The maximum Gasteiger partial charge on any atom is 0.185 e. The summed E-state index contributed by atoms with van der Waals surface area (Å²) in [5, 5.41) is 0. The minimum absolute atomic E-state index is 0. The van der Waals surface area contributed by atoms with Crippen molar-refractivity contribution in [3.8, 4) is 0 Å². The van der Waals surface area contributed by atoms with Crippen molar-refractivity contribution in [1.82, 2.24) is 0 Å². The fourth-order valence-electron chi connectivity index (χ4n) is 1.50. The van der Waals surface area contributed by atoms with Gasteiger partial charge in [0.1, 0.15) is 0 Å². The molecule has 0 aliphatic carbocycles. The maximum atomic E-state index is 5.57. The summed E-state index contributed by atoms with van der Waals surface area (Å²) in [4.78, 5) is 0. The first-order valence-corrected chi connectivity index (χ1v) is 5.45. The van der Waals surface area contributed by atoms with E-state index in [9.17, 15) is 0 Å². The molecule has 0 bridgehead atoms. The van der Waals surface area contributed by atoms with Crippen LogP contribution >= 0.6 is 0 Å². The van der Waals surface area contributed by atoms with Crippen molar-refractivity contribution in [1.29, 1.82) is 0 Å². The molecular weight excluding hydrogens is 227 g/mol. The van der Waals surface area contributed by atoms with Gasteiger partial charge in [-0.15, -0.1) is 0 Å². The minimum Gasteiger partial charge on any atom is -0.412 e. The second-order valence-corrected chi connectivity index (χ2v) is 3.62. The lowest BCUT2D eigenvalue weighted by atomic mass is 9.72. The highest BCUT2D eigenvalue weighted by Gasteiger charge is 1.95. The molecule has 0 spiro atoms. The highest BCUT2D eigenvalue weighted by molar-refractivity contribution is 6.53. The van der Waals surface area contributed by atoms with Crippen LogP contribution in [-0.4, -0.2) is 24.7 Å². The van der Waals surface area contributed by atoms with E-state index in [0.29, 0.717) is 13.1 Å². The van der Waals surface area contributed by atoms with Crippen molar-refractivity contribution in [2.45, 2.75) is 6.61 Å². The first-order chi connectivity index (χ1) is 7.95. The van der Waals surface area contributed by atoms with Gasteiger partial charge in [0.2, 0.25) is 0 Å². The quantitative estimate of drug-likeness (QED) is 0.559. The lowest BCUT2D eigenvalue weighted by Gasteiger charge is -2.03. The molecule has 0 aliphatic rings. The third-order valence-corrected chi connectivity index (χ3v) is 2.35. The standard InChI is InChI=1S/C14H14BO.2H2O/c1-3-7-13(8-4-1)11-16-12-15-14-9-5-2-6-10-14;;/h1-10H,11-12H2;2*1H2. The van der Waals surface area contributed by atoms with Crippen molar-refractivity contribution >= 4 is 12.7 Å². The molecule has 3 nitrogen and oxygen atoms in total. The lowest BCUT2D eigenvalue weighted by Crippen LogP contribution is -2.19. The van der Waals surface area contributed by atoms with E-state index in [0.717, 1.165) is 0 Å². The van der Waals surface area contributed by atoms with Crippen LogP contribution in [0, 0.1) is 0 Å². The molecule has 0 aliphatic heterocycles. The Labute approximate surface area is 108 Å². The first kappa shape index (κ1) is 16.4. The summed E-state index contributed by atoms with van der Waals surface area (Å²) in [6.07, 6.45) is 0. The third kappa shape index (κ3) is 5.64. The molecule has 0 fully saturated rings. The van der Waals surface area contributed by atoms with Crippen molar-refractivity contribution in [2.75, 3.05) is 6.51 Å². The second-order valence-electron chi connectivity index (χ2n) is 3.62. The second kappa shape index (κ2) is 9.42. The van der Waals surface area contributed by atoms with Crippen molar-refractivity contribution in [3.05, 3.63) is 66.2 Å². The van der Waals surface area contributed by atoms with Gasteiger partial charge >= 0.3 is 0 Å². The monoisotopic (exact) mass is 245 g/mol. The molecule has 0 heterocycles. The molecule has 0 saturated heterocycles. The Morgan fingerprint density at radius 3 is 1.94 bits per heavy atom. The van der Waals surface area contributed by atoms with Crippen LogP contribution in [0.2, 0.25) is 0 Å². The van der Waals surface area contributed by atoms with Gasteiger partial charge in [0, 0.05) is 6.51 Å². The van der Waals surface area contributed by atoms with Crippen molar-refractivity contribution < 1.29 is 15.7 Å². The van der Waals surface area contributed by atoms with Gasteiger partial charge in [0.15, 0.2) is 7.28 Å². The minimum atomic E-state index is 0. The average molecular weight is 245 g/mol. The van der Waals surface area contributed by atoms with Crippen LogP contribution in [0.1, 0.15) is 5.56 Å².